The lowest BCUT2D eigenvalue weighted by molar-refractivity contribution is 0.0975. The van der Waals surface area contributed by atoms with Crippen molar-refractivity contribution < 1.29 is 9.90 Å². The van der Waals surface area contributed by atoms with Crippen LogP contribution in [0.2, 0.25) is 0 Å². The van der Waals surface area contributed by atoms with Crippen molar-refractivity contribution in [1.29, 1.82) is 5.41 Å². The molecule has 18 heavy (non-hydrogen) atoms. The minimum Gasteiger partial charge on any atom is -0.387 e. The van der Waals surface area contributed by atoms with E-state index in [4.69, 9.17) is 11.1 Å². The van der Waals surface area contributed by atoms with E-state index in [1.807, 2.05) is 0 Å². The van der Waals surface area contributed by atoms with Crippen LogP contribution >= 0.6 is 0 Å². The number of hydrogen-bond acceptors (Lipinski definition) is 4. The molecule has 6 heteroatoms. The van der Waals surface area contributed by atoms with Gasteiger partial charge in [-0.2, -0.15) is 0 Å². The van der Waals surface area contributed by atoms with Gasteiger partial charge in [0.15, 0.2) is 5.96 Å². The lowest BCUT2D eigenvalue weighted by Gasteiger charge is -2.11. The average molecular weight is 248 g/mol. The smallest absolute Gasteiger partial charge is 0.259 e. The molecule has 1 aromatic rings. The van der Waals surface area contributed by atoms with E-state index < -0.39 is 18.0 Å². The lowest BCUT2D eigenvalue weighted by atomic mass is 10.1. The van der Waals surface area contributed by atoms with Crippen LogP contribution in [0.3, 0.4) is 0 Å². The largest absolute Gasteiger partial charge is 0.387 e. The summed E-state index contributed by atoms with van der Waals surface area (Å²) in [6.07, 6.45) is 4.30. The van der Waals surface area contributed by atoms with Gasteiger partial charge in [-0.05, 0) is 30.9 Å². The quantitative estimate of drug-likeness (QED) is 0.328. The van der Waals surface area contributed by atoms with Crippen molar-refractivity contribution in [3.8, 4) is 0 Å². The monoisotopic (exact) mass is 248 g/mol. The van der Waals surface area contributed by atoms with Gasteiger partial charge < -0.3 is 10.8 Å². The molecule has 1 atom stereocenters. The molecule has 1 aliphatic rings. The molecule has 0 bridgehead atoms. The standard InChI is InChI=1S/C12H16N4O2/c13-12(14)16-11(18)8-5-7-3-1-2-4-9(17)10(7)15-6-8/h5-6,9,17H,1-4H2,(H4,13,14,16,18). The molecule has 96 valence electrons. The van der Waals surface area contributed by atoms with Gasteiger partial charge in [0.2, 0.25) is 0 Å². The van der Waals surface area contributed by atoms with Crippen molar-refractivity contribution in [2.75, 3.05) is 0 Å². The molecule has 0 radical (unpaired) electrons. The van der Waals surface area contributed by atoms with E-state index in [-0.39, 0.29) is 0 Å². The van der Waals surface area contributed by atoms with Gasteiger partial charge in [-0.1, -0.05) is 6.42 Å². The van der Waals surface area contributed by atoms with Crippen molar-refractivity contribution in [2.45, 2.75) is 31.8 Å². The Morgan fingerprint density at radius 1 is 1.56 bits per heavy atom. The molecule has 1 amide bonds. The number of aliphatic hydroxyl groups is 1. The molecule has 0 fully saturated rings. The number of carbonyl (C=O) groups excluding carboxylic acids is 1. The fraction of sp³-hybridized carbons (Fsp3) is 0.417. The van der Waals surface area contributed by atoms with Crippen LogP contribution in [-0.4, -0.2) is 22.0 Å². The summed E-state index contributed by atoms with van der Waals surface area (Å²) in [7, 11) is 0. The van der Waals surface area contributed by atoms with Gasteiger partial charge in [-0.15, -0.1) is 0 Å². The molecule has 1 heterocycles. The predicted molar refractivity (Wildman–Crippen MR) is 66.1 cm³/mol. The second kappa shape index (κ2) is 5.14. The predicted octanol–water partition coefficient (Wildman–Crippen LogP) is 0.465. The summed E-state index contributed by atoms with van der Waals surface area (Å²) in [5, 5.41) is 19.1. The van der Waals surface area contributed by atoms with Crippen LogP contribution in [0, 0.1) is 5.41 Å². The summed E-state index contributed by atoms with van der Waals surface area (Å²) in [6.45, 7) is 0. The fourth-order valence-corrected chi connectivity index (χ4v) is 2.13. The number of aryl methyl sites for hydroxylation is 1. The zero-order chi connectivity index (χ0) is 13.1. The number of amides is 1. The molecule has 5 N–H and O–H groups in total. The van der Waals surface area contributed by atoms with Crippen LogP contribution in [0.1, 0.15) is 47.0 Å². The second-order valence-corrected chi connectivity index (χ2v) is 4.40. The lowest BCUT2D eigenvalue weighted by Crippen LogP contribution is -2.35. The number of carbonyl (C=O) groups is 1. The van der Waals surface area contributed by atoms with E-state index in [0.717, 1.165) is 24.8 Å². The molecular formula is C12H16N4O2. The topological polar surface area (TPSA) is 112 Å². The number of guanidine groups is 1. The molecule has 0 spiro atoms. The van der Waals surface area contributed by atoms with Crippen molar-refractivity contribution >= 4 is 11.9 Å². The number of nitrogens with one attached hydrogen (secondary N) is 2. The molecule has 1 aliphatic carbocycles. The highest BCUT2D eigenvalue weighted by Crippen LogP contribution is 2.27. The number of hydrogen-bond donors (Lipinski definition) is 4. The molecule has 6 nitrogen and oxygen atoms in total. The fourth-order valence-electron chi connectivity index (χ4n) is 2.13. The van der Waals surface area contributed by atoms with Crippen molar-refractivity contribution in [3.63, 3.8) is 0 Å². The Bertz CT molecular complexity index is 487. The SMILES string of the molecule is N=C(N)NC(=O)c1cnc2c(c1)CCCCC2O. The summed E-state index contributed by atoms with van der Waals surface area (Å²) >= 11 is 0. The minimum atomic E-state index is -0.549. The molecule has 1 unspecified atom stereocenters. The van der Waals surface area contributed by atoms with E-state index in [2.05, 4.69) is 10.3 Å². The molecule has 0 aromatic carbocycles. The summed E-state index contributed by atoms with van der Waals surface area (Å²) < 4.78 is 0. The highest BCUT2D eigenvalue weighted by molar-refractivity contribution is 6.04. The maximum Gasteiger partial charge on any atom is 0.259 e. The number of pyridine rings is 1. The van der Waals surface area contributed by atoms with E-state index in [0.29, 0.717) is 17.7 Å². The zero-order valence-electron chi connectivity index (χ0n) is 9.94. The van der Waals surface area contributed by atoms with Gasteiger partial charge in [0, 0.05) is 6.20 Å². The first-order valence-corrected chi connectivity index (χ1v) is 5.90. The van der Waals surface area contributed by atoms with Crippen LogP contribution in [0.4, 0.5) is 0 Å². The van der Waals surface area contributed by atoms with Crippen LogP contribution in [0.15, 0.2) is 12.3 Å². The Morgan fingerprint density at radius 2 is 2.33 bits per heavy atom. The zero-order valence-corrected chi connectivity index (χ0v) is 9.94. The number of aromatic nitrogens is 1. The first-order valence-electron chi connectivity index (χ1n) is 5.90. The number of rotatable bonds is 1. The van der Waals surface area contributed by atoms with E-state index >= 15 is 0 Å². The van der Waals surface area contributed by atoms with Gasteiger partial charge in [0.05, 0.1) is 17.4 Å². The third-order valence-electron chi connectivity index (χ3n) is 3.00. The molecule has 0 saturated heterocycles. The molecule has 1 aromatic heterocycles. The Morgan fingerprint density at radius 3 is 3.06 bits per heavy atom. The number of nitrogens with two attached hydrogens (primary N) is 1. The number of nitrogens with zero attached hydrogens (tertiary/aromatic N) is 1. The Labute approximate surface area is 105 Å². The Kier molecular flexibility index (Phi) is 3.57. The minimum absolute atomic E-state index is 0.359. The van der Waals surface area contributed by atoms with Crippen LogP contribution in [0.25, 0.3) is 0 Å². The van der Waals surface area contributed by atoms with Crippen LogP contribution < -0.4 is 11.1 Å². The van der Waals surface area contributed by atoms with Crippen LogP contribution in [-0.2, 0) is 6.42 Å². The molecular weight excluding hydrogens is 232 g/mol. The third-order valence-corrected chi connectivity index (χ3v) is 3.00. The number of fused-ring (bicyclic) bond motifs is 1. The molecule has 2 rings (SSSR count). The van der Waals surface area contributed by atoms with Gasteiger partial charge in [-0.25, -0.2) is 0 Å². The van der Waals surface area contributed by atoms with Crippen molar-refractivity contribution in [3.05, 3.63) is 29.1 Å². The maximum atomic E-state index is 11.7. The third kappa shape index (κ3) is 2.65. The van der Waals surface area contributed by atoms with Gasteiger partial charge in [0.1, 0.15) is 0 Å². The Balaban J connectivity index is 2.28. The van der Waals surface area contributed by atoms with Crippen molar-refractivity contribution in [2.24, 2.45) is 5.73 Å². The first kappa shape index (κ1) is 12.5. The van der Waals surface area contributed by atoms with Crippen molar-refractivity contribution in [1.82, 2.24) is 10.3 Å². The highest BCUT2D eigenvalue weighted by Gasteiger charge is 2.19. The highest BCUT2D eigenvalue weighted by atomic mass is 16.3. The normalized spacial score (nSPS) is 18.6. The van der Waals surface area contributed by atoms with Gasteiger partial charge in [-0.3, -0.25) is 20.5 Å². The van der Waals surface area contributed by atoms with E-state index in [9.17, 15) is 9.90 Å². The summed E-state index contributed by atoms with van der Waals surface area (Å²) in [6, 6.07) is 1.72. The van der Waals surface area contributed by atoms with E-state index in [1.165, 1.54) is 6.20 Å². The summed E-state index contributed by atoms with van der Waals surface area (Å²) in [5.74, 6) is -0.841. The average Bonchev–Trinajstić information content (AvgIpc) is 2.50. The second-order valence-electron chi connectivity index (χ2n) is 4.40. The van der Waals surface area contributed by atoms with Gasteiger partial charge in [0.25, 0.3) is 5.91 Å². The van der Waals surface area contributed by atoms with Crippen LogP contribution in [0.5, 0.6) is 0 Å². The molecule has 0 aliphatic heterocycles. The van der Waals surface area contributed by atoms with Gasteiger partial charge >= 0.3 is 0 Å². The number of aliphatic hydroxyl groups excluding tert-OH is 1. The summed E-state index contributed by atoms with van der Waals surface area (Å²) in [4.78, 5) is 15.8. The Hall–Kier alpha value is -1.95. The molecule has 0 saturated carbocycles. The first-order chi connectivity index (χ1) is 8.58. The van der Waals surface area contributed by atoms with E-state index in [1.54, 1.807) is 6.07 Å². The maximum absolute atomic E-state index is 11.7. The summed E-state index contributed by atoms with van der Waals surface area (Å²) in [5.41, 5.74) is 7.02.